The number of carbonyl (C=O) groups excluding carboxylic acids is 2. The van der Waals surface area contributed by atoms with Crippen molar-refractivity contribution in [3.63, 3.8) is 0 Å². The fraction of sp³-hybridized carbons (Fsp3) is 0.688. The van der Waals surface area contributed by atoms with Crippen LogP contribution in [0.15, 0.2) is 12.3 Å². The number of likely N-dealkylation sites (N-methyl/N-ethyl adjacent to an activating group) is 1. The Bertz CT molecular complexity index is 542. The highest BCUT2D eigenvalue weighted by atomic mass is 16.5. The Hall–Kier alpha value is -1.93. The van der Waals surface area contributed by atoms with Crippen LogP contribution < -0.4 is 10.6 Å². The van der Waals surface area contributed by atoms with E-state index in [4.69, 9.17) is 4.74 Å². The van der Waals surface area contributed by atoms with Gasteiger partial charge in [0.05, 0.1) is 0 Å². The van der Waals surface area contributed by atoms with Gasteiger partial charge < -0.3 is 15.4 Å². The standard InChI is InChI=1S/C16H27N5O3/c1-3-20(13-5-6-13)11-8-17-15(22)16(23)18-14-7-10-21(19-14)9-4-12-24-2/h7,10,13H,3-6,8-9,11-12H2,1-2H3,(H,17,22)(H,18,19,23). The first kappa shape index (κ1) is 18.4. The molecule has 0 aliphatic heterocycles. The maximum absolute atomic E-state index is 11.9. The lowest BCUT2D eigenvalue weighted by molar-refractivity contribution is -0.136. The minimum atomic E-state index is -0.688. The summed E-state index contributed by atoms with van der Waals surface area (Å²) >= 11 is 0. The molecule has 2 rings (SSSR count). The molecule has 8 heteroatoms. The minimum Gasteiger partial charge on any atom is -0.385 e. The van der Waals surface area contributed by atoms with Gasteiger partial charge in [-0.15, -0.1) is 0 Å². The third-order valence-electron chi connectivity index (χ3n) is 3.98. The maximum Gasteiger partial charge on any atom is 0.314 e. The van der Waals surface area contributed by atoms with Crippen molar-refractivity contribution in [2.45, 2.75) is 38.8 Å². The summed E-state index contributed by atoms with van der Waals surface area (Å²) in [6, 6.07) is 2.33. The first-order valence-corrected chi connectivity index (χ1v) is 8.49. The Morgan fingerprint density at radius 2 is 2.21 bits per heavy atom. The van der Waals surface area contributed by atoms with Gasteiger partial charge >= 0.3 is 11.8 Å². The van der Waals surface area contributed by atoms with Gasteiger partial charge in [-0.25, -0.2) is 0 Å². The van der Waals surface area contributed by atoms with Gasteiger partial charge in [0.15, 0.2) is 5.82 Å². The van der Waals surface area contributed by atoms with Gasteiger partial charge in [0.1, 0.15) is 0 Å². The average Bonchev–Trinajstić information content (AvgIpc) is 3.32. The van der Waals surface area contributed by atoms with E-state index in [0.717, 1.165) is 19.5 Å². The van der Waals surface area contributed by atoms with Crippen molar-refractivity contribution in [1.82, 2.24) is 20.0 Å². The van der Waals surface area contributed by atoms with E-state index in [1.54, 1.807) is 24.1 Å². The van der Waals surface area contributed by atoms with E-state index in [1.807, 2.05) is 0 Å². The van der Waals surface area contributed by atoms with Crippen LogP contribution in [0.5, 0.6) is 0 Å². The third-order valence-corrected chi connectivity index (χ3v) is 3.98. The van der Waals surface area contributed by atoms with Gasteiger partial charge in [0.25, 0.3) is 0 Å². The lowest BCUT2D eigenvalue weighted by Crippen LogP contribution is -2.40. The lowest BCUT2D eigenvalue weighted by atomic mass is 10.4. The molecular formula is C16H27N5O3. The van der Waals surface area contributed by atoms with Crippen LogP contribution in [-0.2, 0) is 20.9 Å². The van der Waals surface area contributed by atoms with Gasteiger partial charge in [0.2, 0.25) is 0 Å². The molecule has 0 bridgehead atoms. The van der Waals surface area contributed by atoms with E-state index < -0.39 is 11.8 Å². The number of anilines is 1. The normalized spacial score (nSPS) is 14.0. The molecule has 1 heterocycles. The van der Waals surface area contributed by atoms with Crippen LogP contribution in [0.2, 0.25) is 0 Å². The number of methoxy groups -OCH3 is 1. The van der Waals surface area contributed by atoms with Crippen molar-refractivity contribution < 1.29 is 14.3 Å². The van der Waals surface area contributed by atoms with Crippen LogP contribution in [0, 0.1) is 0 Å². The van der Waals surface area contributed by atoms with E-state index in [-0.39, 0.29) is 0 Å². The highest BCUT2D eigenvalue weighted by Gasteiger charge is 2.27. The molecule has 0 spiro atoms. The van der Waals surface area contributed by atoms with Crippen LogP contribution in [0.3, 0.4) is 0 Å². The van der Waals surface area contributed by atoms with Crippen molar-refractivity contribution in [3.05, 3.63) is 12.3 Å². The second kappa shape index (κ2) is 9.39. The molecule has 0 atom stereocenters. The Morgan fingerprint density at radius 3 is 2.88 bits per heavy atom. The minimum absolute atomic E-state index is 0.376. The van der Waals surface area contributed by atoms with Crippen LogP contribution in [0.25, 0.3) is 0 Å². The Morgan fingerprint density at radius 1 is 1.42 bits per heavy atom. The molecule has 1 fully saturated rings. The summed E-state index contributed by atoms with van der Waals surface area (Å²) in [5, 5.41) is 9.37. The summed E-state index contributed by atoms with van der Waals surface area (Å²) < 4.78 is 6.69. The summed E-state index contributed by atoms with van der Waals surface area (Å²) in [7, 11) is 1.65. The lowest BCUT2D eigenvalue weighted by Gasteiger charge is -2.19. The number of ether oxygens (including phenoxy) is 1. The third kappa shape index (κ3) is 5.93. The summed E-state index contributed by atoms with van der Waals surface area (Å²) in [6.07, 6.45) is 5.06. The molecule has 1 saturated carbocycles. The van der Waals surface area contributed by atoms with E-state index in [9.17, 15) is 9.59 Å². The number of nitrogens with one attached hydrogen (secondary N) is 2. The SMILES string of the molecule is CCN(CCNC(=O)C(=O)Nc1ccn(CCCOC)n1)C1CC1. The summed E-state index contributed by atoms with van der Waals surface area (Å²) in [6.45, 7) is 5.67. The number of aromatic nitrogens is 2. The number of hydrogen-bond donors (Lipinski definition) is 2. The second-order valence-corrected chi connectivity index (χ2v) is 5.88. The topological polar surface area (TPSA) is 88.5 Å². The predicted molar refractivity (Wildman–Crippen MR) is 90.6 cm³/mol. The van der Waals surface area contributed by atoms with Gasteiger partial charge in [-0.2, -0.15) is 5.10 Å². The highest BCUT2D eigenvalue weighted by molar-refractivity contribution is 6.39. The largest absolute Gasteiger partial charge is 0.385 e. The average molecular weight is 337 g/mol. The number of hydrogen-bond acceptors (Lipinski definition) is 5. The predicted octanol–water partition coefficient (Wildman–Crippen LogP) is 0.459. The molecule has 2 amide bonds. The van der Waals surface area contributed by atoms with Gasteiger partial charge in [-0.3, -0.25) is 19.2 Å². The smallest absolute Gasteiger partial charge is 0.314 e. The number of amides is 2. The summed E-state index contributed by atoms with van der Waals surface area (Å²) in [5.41, 5.74) is 0. The highest BCUT2D eigenvalue weighted by Crippen LogP contribution is 2.25. The number of rotatable bonds is 10. The molecule has 0 radical (unpaired) electrons. The molecule has 0 saturated heterocycles. The van der Waals surface area contributed by atoms with E-state index in [0.29, 0.717) is 31.6 Å². The molecule has 1 aliphatic rings. The molecule has 1 aliphatic carbocycles. The zero-order valence-corrected chi connectivity index (χ0v) is 14.5. The van der Waals surface area contributed by atoms with Crippen molar-refractivity contribution >= 4 is 17.6 Å². The van der Waals surface area contributed by atoms with E-state index >= 15 is 0 Å². The summed E-state index contributed by atoms with van der Waals surface area (Å²) in [5.74, 6) is -0.942. The summed E-state index contributed by atoms with van der Waals surface area (Å²) in [4.78, 5) is 26.0. The Balaban J connectivity index is 1.68. The first-order chi connectivity index (χ1) is 11.6. The molecular weight excluding hydrogens is 310 g/mol. The molecule has 0 aromatic carbocycles. The number of nitrogens with zero attached hydrogens (tertiary/aromatic N) is 3. The second-order valence-electron chi connectivity index (χ2n) is 5.88. The number of aryl methyl sites for hydroxylation is 1. The Kier molecular flexibility index (Phi) is 7.20. The van der Waals surface area contributed by atoms with Crippen LogP contribution >= 0.6 is 0 Å². The molecule has 1 aromatic rings. The fourth-order valence-corrected chi connectivity index (χ4v) is 2.53. The van der Waals surface area contributed by atoms with Gasteiger partial charge in [-0.05, 0) is 25.8 Å². The first-order valence-electron chi connectivity index (χ1n) is 8.49. The molecule has 8 nitrogen and oxygen atoms in total. The molecule has 0 unspecified atom stereocenters. The van der Waals surface area contributed by atoms with Gasteiger partial charge in [-0.1, -0.05) is 6.92 Å². The molecule has 134 valence electrons. The van der Waals surface area contributed by atoms with E-state index in [1.165, 1.54) is 12.8 Å². The van der Waals surface area contributed by atoms with Crippen molar-refractivity contribution in [1.29, 1.82) is 0 Å². The van der Waals surface area contributed by atoms with Crippen LogP contribution in [0.1, 0.15) is 26.2 Å². The fourth-order valence-electron chi connectivity index (χ4n) is 2.53. The van der Waals surface area contributed by atoms with Crippen molar-refractivity contribution in [2.24, 2.45) is 0 Å². The maximum atomic E-state index is 11.9. The molecule has 1 aromatic heterocycles. The van der Waals surface area contributed by atoms with Crippen molar-refractivity contribution in [2.75, 3.05) is 38.7 Å². The number of carbonyl (C=O) groups is 2. The van der Waals surface area contributed by atoms with E-state index in [2.05, 4.69) is 27.6 Å². The van der Waals surface area contributed by atoms with Crippen LogP contribution in [-0.4, -0.2) is 65.9 Å². The monoisotopic (exact) mass is 337 g/mol. The Labute approximate surface area is 142 Å². The molecule has 24 heavy (non-hydrogen) atoms. The van der Waals surface area contributed by atoms with Gasteiger partial charge in [0, 0.05) is 51.7 Å². The zero-order valence-electron chi connectivity index (χ0n) is 14.5. The quantitative estimate of drug-likeness (QED) is 0.478. The zero-order chi connectivity index (χ0) is 17.4. The van der Waals surface area contributed by atoms with Crippen LogP contribution in [0.4, 0.5) is 5.82 Å². The molecule has 2 N–H and O–H groups in total. The van der Waals surface area contributed by atoms with Crippen molar-refractivity contribution in [3.8, 4) is 0 Å².